The molecular weight excluding hydrogens is 273 g/mol. The third-order valence-electron chi connectivity index (χ3n) is 2.36. The average Bonchev–Trinajstić information content (AvgIpc) is 2.40. The molecule has 1 N–H and O–H groups in total. The quantitative estimate of drug-likeness (QED) is 0.935. The Balaban J connectivity index is 2.19. The number of carboxylic acids is 1. The Kier molecular flexibility index (Phi) is 3.97. The van der Waals surface area contributed by atoms with Crippen LogP contribution in [0.3, 0.4) is 0 Å². The van der Waals surface area contributed by atoms with E-state index in [1.54, 1.807) is 6.07 Å². The molecule has 1 aromatic heterocycles. The molecule has 0 atom stereocenters. The van der Waals surface area contributed by atoms with Crippen LogP contribution in [0.1, 0.15) is 16.1 Å². The van der Waals surface area contributed by atoms with Crippen molar-refractivity contribution in [2.45, 2.75) is 6.61 Å². The van der Waals surface area contributed by atoms with Gasteiger partial charge >= 0.3 is 5.97 Å². The van der Waals surface area contributed by atoms with Gasteiger partial charge in [0.15, 0.2) is 11.4 Å². The lowest BCUT2D eigenvalue weighted by atomic mass is 10.2. The second-order valence-corrected chi connectivity index (χ2v) is 4.09. The second kappa shape index (κ2) is 5.67. The molecule has 0 aliphatic heterocycles. The van der Waals surface area contributed by atoms with Crippen LogP contribution in [0.15, 0.2) is 36.5 Å². The molecule has 6 heteroatoms. The Morgan fingerprint density at radius 2 is 2.21 bits per heavy atom. The molecule has 2 rings (SSSR count). The fraction of sp³-hybridized carbons (Fsp3) is 0.0769. The van der Waals surface area contributed by atoms with Crippen LogP contribution in [0.4, 0.5) is 4.39 Å². The molecule has 0 bridgehead atoms. The number of ether oxygens (including phenoxy) is 1. The van der Waals surface area contributed by atoms with Gasteiger partial charge in [0.25, 0.3) is 0 Å². The molecule has 0 saturated carbocycles. The number of pyridine rings is 1. The van der Waals surface area contributed by atoms with Gasteiger partial charge in [0, 0.05) is 16.8 Å². The van der Waals surface area contributed by atoms with Crippen LogP contribution in [-0.4, -0.2) is 16.1 Å². The van der Waals surface area contributed by atoms with Crippen LogP contribution in [0.25, 0.3) is 0 Å². The molecule has 1 aromatic carbocycles. The number of aromatic nitrogens is 1. The highest BCUT2D eigenvalue weighted by Gasteiger charge is 2.13. The lowest BCUT2D eigenvalue weighted by molar-refractivity contribution is 0.0685. The number of hydrogen-bond acceptors (Lipinski definition) is 3. The fourth-order valence-electron chi connectivity index (χ4n) is 1.48. The van der Waals surface area contributed by atoms with Crippen LogP contribution in [0.5, 0.6) is 5.75 Å². The Labute approximate surface area is 113 Å². The maximum Gasteiger partial charge on any atom is 0.358 e. The number of rotatable bonds is 4. The van der Waals surface area contributed by atoms with E-state index in [0.717, 1.165) is 0 Å². The molecule has 0 aliphatic carbocycles. The number of aromatic carboxylic acids is 1. The minimum absolute atomic E-state index is 0.0391. The highest BCUT2D eigenvalue weighted by molar-refractivity contribution is 6.31. The molecule has 19 heavy (non-hydrogen) atoms. The Morgan fingerprint density at radius 3 is 2.95 bits per heavy atom. The summed E-state index contributed by atoms with van der Waals surface area (Å²) >= 11 is 5.89. The van der Waals surface area contributed by atoms with Gasteiger partial charge in [-0.1, -0.05) is 11.6 Å². The summed E-state index contributed by atoms with van der Waals surface area (Å²) in [5, 5.41) is 9.28. The molecule has 2 aromatic rings. The van der Waals surface area contributed by atoms with E-state index in [0.29, 0.717) is 10.6 Å². The summed E-state index contributed by atoms with van der Waals surface area (Å²) in [5.41, 5.74) is 0.233. The van der Waals surface area contributed by atoms with Crippen molar-refractivity contribution in [1.82, 2.24) is 4.98 Å². The summed E-state index contributed by atoms with van der Waals surface area (Å²) in [5.74, 6) is -1.52. The topological polar surface area (TPSA) is 59.4 Å². The van der Waals surface area contributed by atoms with E-state index in [9.17, 15) is 9.18 Å². The van der Waals surface area contributed by atoms with Crippen molar-refractivity contribution >= 4 is 17.6 Å². The number of halogens is 2. The first kappa shape index (κ1) is 13.3. The number of benzene rings is 1. The lowest BCUT2D eigenvalue weighted by Gasteiger charge is -2.09. The molecule has 1 heterocycles. The van der Waals surface area contributed by atoms with Crippen LogP contribution in [-0.2, 0) is 6.61 Å². The summed E-state index contributed by atoms with van der Waals surface area (Å²) in [4.78, 5) is 14.6. The molecule has 98 valence electrons. The van der Waals surface area contributed by atoms with Gasteiger partial charge in [-0.25, -0.2) is 14.2 Å². The van der Waals surface area contributed by atoms with Crippen molar-refractivity contribution in [3.05, 3.63) is 58.6 Å². The van der Waals surface area contributed by atoms with Crippen molar-refractivity contribution in [1.29, 1.82) is 0 Å². The average molecular weight is 282 g/mol. The zero-order valence-electron chi connectivity index (χ0n) is 9.64. The van der Waals surface area contributed by atoms with Crippen LogP contribution in [0, 0.1) is 5.82 Å². The van der Waals surface area contributed by atoms with Crippen LogP contribution in [0.2, 0.25) is 5.02 Å². The minimum Gasteiger partial charge on any atom is -0.486 e. The fourth-order valence-corrected chi connectivity index (χ4v) is 1.65. The van der Waals surface area contributed by atoms with Gasteiger partial charge in [-0.15, -0.1) is 0 Å². The maximum absolute atomic E-state index is 13.1. The summed E-state index contributed by atoms with van der Waals surface area (Å²) in [6.07, 6.45) is 1.35. The number of carbonyl (C=O) groups is 1. The normalized spacial score (nSPS) is 10.2. The molecule has 0 saturated heterocycles. The van der Waals surface area contributed by atoms with E-state index in [2.05, 4.69) is 4.98 Å². The third-order valence-corrected chi connectivity index (χ3v) is 2.73. The second-order valence-electron chi connectivity index (χ2n) is 3.68. The zero-order chi connectivity index (χ0) is 13.8. The minimum atomic E-state index is -1.19. The first-order valence-electron chi connectivity index (χ1n) is 5.33. The van der Waals surface area contributed by atoms with Gasteiger partial charge in [0.05, 0.1) is 0 Å². The first-order valence-corrected chi connectivity index (χ1v) is 5.71. The van der Waals surface area contributed by atoms with Crippen molar-refractivity contribution in [2.75, 3.05) is 0 Å². The van der Waals surface area contributed by atoms with E-state index >= 15 is 0 Å². The molecule has 0 radical (unpaired) electrons. The molecule has 0 aliphatic rings. The molecule has 0 fully saturated rings. The maximum atomic E-state index is 13.1. The summed E-state index contributed by atoms with van der Waals surface area (Å²) in [6, 6.07) is 6.91. The number of carboxylic acid groups (broad SMARTS) is 1. The SMILES string of the molecule is O=C(O)c1ncccc1OCc1cc(F)ccc1Cl. The highest BCUT2D eigenvalue weighted by Crippen LogP contribution is 2.21. The summed E-state index contributed by atoms with van der Waals surface area (Å²) < 4.78 is 18.4. The third kappa shape index (κ3) is 3.20. The van der Waals surface area contributed by atoms with Crippen LogP contribution >= 0.6 is 11.6 Å². The smallest absolute Gasteiger partial charge is 0.358 e. The van der Waals surface area contributed by atoms with Gasteiger partial charge in [-0.05, 0) is 30.3 Å². The van der Waals surface area contributed by atoms with E-state index in [-0.39, 0.29) is 18.1 Å². The first-order chi connectivity index (χ1) is 9.08. The van der Waals surface area contributed by atoms with Gasteiger partial charge in [-0.2, -0.15) is 0 Å². The van der Waals surface area contributed by atoms with E-state index in [4.69, 9.17) is 21.4 Å². The summed E-state index contributed by atoms with van der Waals surface area (Å²) in [7, 11) is 0. The van der Waals surface area contributed by atoms with Gasteiger partial charge in [0.1, 0.15) is 12.4 Å². The number of nitrogens with zero attached hydrogens (tertiary/aromatic N) is 1. The van der Waals surface area contributed by atoms with E-state index in [1.165, 1.54) is 30.5 Å². The van der Waals surface area contributed by atoms with Crippen molar-refractivity contribution in [2.24, 2.45) is 0 Å². The monoisotopic (exact) mass is 281 g/mol. The Hall–Kier alpha value is -2.14. The standard InChI is InChI=1S/C13H9ClFNO3/c14-10-4-3-9(15)6-8(10)7-19-11-2-1-5-16-12(11)13(17)18/h1-6H,7H2,(H,17,18). The highest BCUT2D eigenvalue weighted by atomic mass is 35.5. The summed E-state index contributed by atoms with van der Waals surface area (Å²) in [6.45, 7) is -0.0391. The number of hydrogen-bond donors (Lipinski definition) is 1. The predicted molar refractivity (Wildman–Crippen MR) is 66.9 cm³/mol. The van der Waals surface area contributed by atoms with Gasteiger partial charge in [-0.3, -0.25) is 0 Å². The molecule has 0 spiro atoms. The van der Waals surface area contributed by atoms with Crippen LogP contribution < -0.4 is 4.74 Å². The molecule has 0 amide bonds. The zero-order valence-corrected chi connectivity index (χ0v) is 10.4. The van der Waals surface area contributed by atoms with Crippen molar-refractivity contribution < 1.29 is 19.0 Å². The Bertz CT molecular complexity index is 619. The van der Waals surface area contributed by atoms with Crippen molar-refractivity contribution in [3.8, 4) is 5.75 Å². The molecule has 0 unspecified atom stereocenters. The molecule has 4 nitrogen and oxygen atoms in total. The lowest BCUT2D eigenvalue weighted by Crippen LogP contribution is -2.05. The predicted octanol–water partition coefficient (Wildman–Crippen LogP) is 3.15. The van der Waals surface area contributed by atoms with E-state index < -0.39 is 11.8 Å². The molecular formula is C13H9ClFNO3. The Morgan fingerprint density at radius 1 is 1.42 bits per heavy atom. The van der Waals surface area contributed by atoms with Gasteiger partial charge < -0.3 is 9.84 Å². The van der Waals surface area contributed by atoms with E-state index in [1.807, 2.05) is 0 Å². The van der Waals surface area contributed by atoms with Crippen molar-refractivity contribution in [3.63, 3.8) is 0 Å². The largest absolute Gasteiger partial charge is 0.486 e. The van der Waals surface area contributed by atoms with Gasteiger partial charge in [0.2, 0.25) is 0 Å².